The number of nitrogens with one attached hydrogen (secondary N) is 1. The first-order valence-electron chi connectivity index (χ1n) is 8.18. The third kappa shape index (κ3) is 5.46. The topological polar surface area (TPSA) is 50.7 Å². The third-order valence-electron chi connectivity index (χ3n) is 3.79. The van der Waals surface area contributed by atoms with Gasteiger partial charge in [0, 0.05) is 12.2 Å². The maximum absolute atomic E-state index is 10.0. The van der Waals surface area contributed by atoms with Gasteiger partial charge < -0.3 is 19.9 Å². The van der Waals surface area contributed by atoms with Crippen LogP contribution in [-0.2, 0) is 5.41 Å². The van der Waals surface area contributed by atoms with Crippen molar-refractivity contribution in [1.82, 2.24) is 0 Å². The molecule has 130 valence electrons. The number of aliphatic hydroxyl groups is 1. The average Bonchev–Trinajstić information content (AvgIpc) is 2.58. The van der Waals surface area contributed by atoms with Crippen molar-refractivity contribution in [3.63, 3.8) is 0 Å². The summed E-state index contributed by atoms with van der Waals surface area (Å²) < 4.78 is 10.8. The van der Waals surface area contributed by atoms with E-state index in [2.05, 4.69) is 38.2 Å². The van der Waals surface area contributed by atoms with E-state index < -0.39 is 6.10 Å². The van der Waals surface area contributed by atoms with Gasteiger partial charge in [-0.1, -0.05) is 32.9 Å². The minimum absolute atomic E-state index is 0.125. The maximum Gasteiger partial charge on any atom is 0.119 e. The molecule has 0 bridgehead atoms. The van der Waals surface area contributed by atoms with Crippen molar-refractivity contribution in [2.45, 2.75) is 32.3 Å². The SMILES string of the molecule is COc1ccc(NC[C@H](O)COc2ccc(C(C)(C)C)cc2)cc1. The number of ether oxygens (including phenoxy) is 2. The second-order valence-electron chi connectivity index (χ2n) is 6.85. The van der Waals surface area contributed by atoms with Crippen molar-refractivity contribution < 1.29 is 14.6 Å². The Bertz CT molecular complexity index is 615. The zero-order valence-electron chi connectivity index (χ0n) is 14.9. The Balaban J connectivity index is 1.77. The average molecular weight is 329 g/mol. The summed E-state index contributed by atoms with van der Waals surface area (Å²) in [5.41, 5.74) is 2.32. The lowest BCUT2D eigenvalue weighted by molar-refractivity contribution is 0.117. The second-order valence-corrected chi connectivity index (χ2v) is 6.85. The van der Waals surface area contributed by atoms with Crippen LogP contribution in [0.2, 0.25) is 0 Å². The molecule has 0 saturated carbocycles. The molecule has 2 rings (SSSR count). The second kappa shape index (κ2) is 8.06. The van der Waals surface area contributed by atoms with Crippen LogP contribution in [0.4, 0.5) is 5.69 Å². The fourth-order valence-corrected chi connectivity index (χ4v) is 2.25. The minimum Gasteiger partial charge on any atom is -0.497 e. The Morgan fingerprint density at radius 1 is 0.958 bits per heavy atom. The van der Waals surface area contributed by atoms with E-state index in [-0.39, 0.29) is 12.0 Å². The summed E-state index contributed by atoms with van der Waals surface area (Å²) in [6.45, 7) is 7.21. The number of aliphatic hydroxyl groups excluding tert-OH is 1. The summed E-state index contributed by atoms with van der Waals surface area (Å²) in [5, 5.41) is 13.2. The van der Waals surface area contributed by atoms with Crippen LogP contribution in [0.1, 0.15) is 26.3 Å². The highest BCUT2D eigenvalue weighted by molar-refractivity contribution is 5.46. The monoisotopic (exact) mass is 329 g/mol. The van der Waals surface area contributed by atoms with Gasteiger partial charge in [-0.25, -0.2) is 0 Å². The maximum atomic E-state index is 10.0. The Kier molecular flexibility index (Phi) is 6.10. The van der Waals surface area contributed by atoms with Crippen molar-refractivity contribution in [2.24, 2.45) is 0 Å². The van der Waals surface area contributed by atoms with Crippen LogP contribution in [-0.4, -0.2) is 31.5 Å². The first-order valence-corrected chi connectivity index (χ1v) is 8.18. The van der Waals surface area contributed by atoms with Gasteiger partial charge in [-0.15, -0.1) is 0 Å². The van der Waals surface area contributed by atoms with E-state index in [0.717, 1.165) is 17.2 Å². The van der Waals surface area contributed by atoms with Gasteiger partial charge in [0.2, 0.25) is 0 Å². The Morgan fingerprint density at radius 3 is 2.08 bits per heavy atom. The van der Waals surface area contributed by atoms with Gasteiger partial charge in [0.25, 0.3) is 0 Å². The minimum atomic E-state index is -0.589. The summed E-state index contributed by atoms with van der Waals surface area (Å²) >= 11 is 0. The van der Waals surface area contributed by atoms with Crippen molar-refractivity contribution in [2.75, 3.05) is 25.6 Å². The highest BCUT2D eigenvalue weighted by atomic mass is 16.5. The van der Waals surface area contributed by atoms with Crippen LogP contribution in [0.15, 0.2) is 48.5 Å². The van der Waals surface area contributed by atoms with Gasteiger partial charge in [-0.2, -0.15) is 0 Å². The van der Waals surface area contributed by atoms with Gasteiger partial charge in [0.15, 0.2) is 0 Å². The van der Waals surface area contributed by atoms with E-state index in [0.29, 0.717) is 6.54 Å². The van der Waals surface area contributed by atoms with Crippen molar-refractivity contribution in [3.8, 4) is 11.5 Å². The molecule has 1 atom stereocenters. The molecule has 0 heterocycles. The number of anilines is 1. The Labute approximate surface area is 144 Å². The van der Waals surface area contributed by atoms with Gasteiger partial charge in [0.1, 0.15) is 24.2 Å². The van der Waals surface area contributed by atoms with E-state index in [9.17, 15) is 5.11 Å². The van der Waals surface area contributed by atoms with E-state index >= 15 is 0 Å². The standard InChI is InChI=1S/C20H27NO3/c1-20(2,3)15-5-9-19(10-6-15)24-14-17(22)13-21-16-7-11-18(23-4)12-8-16/h5-12,17,21-22H,13-14H2,1-4H3/t17-/m0/s1. The quantitative estimate of drug-likeness (QED) is 0.810. The number of rotatable bonds is 7. The molecule has 4 nitrogen and oxygen atoms in total. The molecule has 0 saturated heterocycles. The molecule has 2 aromatic carbocycles. The number of hydrogen-bond acceptors (Lipinski definition) is 4. The van der Waals surface area contributed by atoms with E-state index in [1.807, 2.05) is 36.4 Å². The van der Waals surface area contributed by atoms with Crippen molar-refractivity contribution in [1.29, 1.82) is 0 Å². The van der Waals surface area contributed by atoms with E-state index in [4.69, 9.17) is 9.47 Å². The highest BCUT2D eigenvalue weighted by Crippen LogP contribution is 2.24. The fraction of sp³-hybridized carbons (Fsp3) is 0.400. The molecule has 0 amide bonds. The molecule has 0 aliphatic rings. The van der Waals surface area contributed by atoms with Crippen LogP contribution in [0, 0.1) is 0 Å². The lowest BCUT2D eigenvalue weighted by atomic mass is 9.87. The number of methoxy groups -OCH3 is 1. The predicted molar refractivity (Wildman–Crippen MR) is 98.1 cm³/mol. The third-order valence-corrected chi connectivity index (χ3v) is 3.79. The number of hydrogen-bond donors (Lipinski definition) is 2. The summed E-state index contributed by atoms with van der Waals surface area (Å²) in [6, 6.07) is 15.6. The summed E-state index contributed by atoms with van der Waals surface area (Å²) in [7, 11) is 1.64. The first-order chi connectivity index (χ1) is 11.4. The van der Waals surface area contributed by atoms with Crippen molar-refractivity contribution >= 4 is 5.69 Å². The predicted octanol–water partition coefficient (Wildman–Crippen LogP) is 3.84. The lowest BCUT2D eigenvalue weighted by Crippen LogP contribution is -2.26. The highest BCUT2D eigenvalue weighted by Gasteiger charge is 2.13. The molecule has 0 aromatic heterocycles. The summed E-state index contributed by atoms with van der Waals surface area (Å²) in [5.74, 6) is 1.58. The zero-order chi connectivity index (χ0) is 17.6. The van der Waals surface area contributed by atoms with Gasteiger partial charge >= 0.3 is 0 Å². The van der Waals surface area contributed by atoms with Crippen LogP contribution in [0.3, 0.4) is 0 Å². The van der Waals surface area contributed by atoms with E-state index in [1.54, 1.807) is 7.11 Å². The summed E-state index contributed by atoms with van der Waals surface area (Å²) in [4.78, 5) is 0. The van der Waals surface area contributed by atoms with Gasteiger partial charge in [-0.3, -0.25) is 0 Å². The van der Waals surface area contributed by atoms with Crippen LogP contribution in [0.25, 0.3) is 0 Å². The largest absolute Gasteiger partial charge is 0.497 e. The molecule has 0 spiro atoms. The summed E-state index contributed by atoms with van der Waals surface area (Å²) in [6.07, 6.45) is -0.589. The van der Waals surface area contributed by atoms with Gasteiger partial charge in [-0.05, 0) is 47.4 Å². The van der Waals surface area contributed by atoms with Gasteiger partial charge in [0.05, 0.1) is 7.11 Å². The molecule has 0 unspecified atom stereocenters. The fourth-order valence-electron chi connectivity index (χ4n) is 2.25. The molecule has 0 aliphatic carbocycles. The van der Waals surface area contributed by atoms with Crippen LogP contribution in [0.5, 0.6) is 11.5 Å². The molecule has 4 heteroatoms. The molecular weight excluding hydrogens is 302 g/mol. The smallest absolute Gasteiger partial charge is 0.119 e. The molecule has 0 aliphatic heterocycles. The molecular formula is C20H27NO3. The molecule has 2 N–H and O–H groups in total. The Hall–Kier alpha value is -2.20. The molecule has 24 heavy (non-hydrogen) atoms. The molecule has 0 fully saturated rings. The van der Waals surface area contributed by atoms with E-state index in [1.165, 1.54) is 5.56 Å². The van der Waals surface area contributed by atoms with Crippen LogP contribution >= 0.6 is 0 Å². The van der Waals surface area contributed by atoms with Crippen molar-refractivity contribution in [3.05, 3.63) is 54.1 Å². The Morgan fingerprint density at radius 2 is 1.54 bits per heavy atom. The molecule has 0 radical (unpaired) electrons. The number of benzene rings is 2. The normalized spacial score (nSPS) is 12.5. The zero-order valence-corrected chi connectivity index (χ0v) is 14.9. The first kappa shape index (κ1) is 18.1. The lowest BCUT2D eigenvalue weighted by Gasteiger charge is -2.19. The molecule has 2 aromatic rings. The van der Waals surface area contributed by atoms with Crippen LogP contribution < -0.4 is 14.8 Å².